The van der Waals surface area contributed by atoms with Crippen LogP contribution in [0.3, 0.4) is 0 Å². The number of rotatable bonds is 7. The maximum atomic E-state index is 5.29. The molecule has 96 valence electrons. The van der Waals surface area contributed by atoms with Gasteiger partial charge in [0, 0.05) is 6.04 Å². The Kier molecular flexibility index (Phi) is 5.84. The SMILES string of the molecule is CCCNC(C)Cc1ccc(OC)c(OC)c1. The van der Waals surface area contributed by atoms with Crippen molar-refractivity contribution >= 4 is 0 Å². The van der Waals surface area contributed by atoms with E-state index in [2.05, 4.69) is 25.2 Å². The lowest BCUT2D eigenvalue weighted by Gasteiger charge is -2.14. The zero-order chi connectivity index (χ0) is 12.7. The fraction of sp³-hybridized carbons (Fsp3) is 0.571. The summed E-state index contributed by atoms with van der Waals surface area (Å²) in [4.78, 5) is 0. The molecule has 0 aliphatic heterocycles. The quantitative estimate of drug-likeness (QED) is 0.791. The first-order valence-corrected chi connectivity index (χ1v) is 6.15. The van der Waals surface area contributed by atoms with E-state index in [1.165, 1.54) is 5.56 Å². The molecule has 3 heteroatoms. The summed E-state index contributed by atoms with van der Waals surface area (Å²) in [5.74, 6) is 1.58. The average Bonchev–Trinajstić information content (AvgIpc) is 2.36. The molecular weight excluding hydrogens is 214 g/mol. The molecule has 3 nitrogen and oxygen atoms in total. The normalized spacial score (nSPS) is 12.2. The lowest BCUT2D eigenvalue weighted by Crippen LogP contribution is -2.28. The first-order chi connectivity index (χ1) is 8.21. The smallest absolute Gasteiger partial charge is 0.160 e. The van der Waals surface area contributed by atoms with Crippen LogP contribution in [-0.2, 0) is 6.42 Å². The van der Waals surface area contributed by atoms with Gasteiger partial charge >= 0.3 is 0 Å². The van der Waals surface area contributed by atoms with Crippen LogP contribution >= 0.6 is 0 Å². The first kappa shape index (κ1) is 13.8. The number of nitrogens with one attached hydrogen (secondary N) is 1. The molecule has 0 aliphatic rings. The Hall–Kier alpha value is -1.22. The van der Waals surface area contributed by atoms with Gasteiger partial charge in [-0.15, -0.1) is 0 Å². The van der Waals surface area contributed by atoms with Crippen LogP contribution in [0.15, 0.2) is 18.2 Å². The summed E-state index contributed by atoms with van der Waals surface area (Å²) in [7, 11) is 3.32. The molecule has 1 atom stereocenters. The summed E-state index contributed by atoms with van der Waals surface area (Å²) in [6.45, 7) is 5.44. The molecule has 0 radical (unpaired) electrons. The van der Waals surface area contributed by atoms with Crippen molar-refractivity contribution in [2.45, 2.75) is 32.7 Å². The van der Waals surface area contributed by atoms with Gasteiger partial charge in [-0.2, -0.15) is 0 Å². The number of methoxy groups -OCH3 is 2. The van der Waals surface area contributed by atoms with Gasteiger partial charge in [0.15, 0.2) is 11.5 Å². The van der Waals surface area contributed by atoms with Crippen LogP contribution in [0.25, 0.3) is 0 Å². The second-order valence-corrected chi connectivity index (χ2v) is 4.25. The third-order valence-corrected chi connectivity index (χ3v) is 2.73. The summed E-state index contributed by atoms with van der Waals surface area (Å²) >= 11 is 0. The van der Waals surface area contributed by atoms with Crippen LogP contribution < -0.4 is 14.8 Å². The zero-order valence-corrected chi connectivity index (χ0v) is 11.2. The van der Waals surface area contributed by atoms with Crippen LogP contribution in [0.2, 0.25) is 0 Å². The average molecular weight is 237 g/mol. The van der Waals surface area contributed by atoms with Crippen LogP contribution in [0.5, 0.6) is 11.5 Å². The Bertz CT molecular complexity index is 339. The van der Waals surface area contributed by atoms with Gasteiger partial charge in [0.05, 0.1) is 14.2 Å². The van der Waals surface area contributed by atoms with Crippen molar-refractivity contribution in [3.8, 4) is 11.5 Å². The highest BCUT2D eigenvalue weighted by atomic mass is 16.5. The topological polar surface area (TPSA) is 30.5 Å². The molecule has 0 amide bonds. The molecular formula is C14H23NO2. The molecule has 0 saturated carbocycles. The molecule has 0 bridgehead atoms. The van der Waals surface area contributed by atoms with Gasteiger partial charge < -0.3 is 14.8 Å². The molecule has 0 saturated heterocycles. The molecule has 0 fully saturated rings. The highest BCUT2D eigenvalue weighted by Crippen LogP contribution is 2.27. The fourth-order valence-corrected chi connectivity index (χ4v) is 1.82. The largest absolute Gasteiger partial charge is 0.493 e. The van der Waals surface area contributed by atoms with E-state index in [1.54, 1.807) is 14.2 Å². The molecule has 1 aromatic rings. The minimum Gasteiger partial charge on any atom is -0.493 e. The van der Waals surface area contributed by atoms with E-state index < -0.39 is 0 Å². The van der Waals surface area contributed by atoms with Gasteiger partial charge in [0.25, 0.3) is 0 Å². The van der Waals surface area contributed by atoms with Crippen molar-refractivity contribution < 1.29 is 9.47 Å². The summed E-state index contributed by atoms with van der Waals surface area (Å²) in [6.07, 6.45) is 2.16. The van der Waals surface area contributed by atoms with Gasteiger partial charge in [-0.1, -0.05) is 13.0 Å². The highest BCUT2D eigenvalue weighted by molar-refractivity contribution is 5.43. The number of hydrogen-bond acceptors (Lipinski definition) is 3. The molecule has 0 aliphatic carbocycles. The van der Waals surface area contributed by atoms with E-state index in [-0.39, 0.29) is 0 Å². The molecule has 17 heavy (non-hydrogen) atoms. The van der Waals surface area contributed by atoms with Crippen molar-refractivity contribution in [3.63, 3.8) is 0 Å². The molecule has 0 aromatic heterocycles. The summed E-state index contributed by atoms with van der Waals surface area (Å²) in [5.41, 5.74) is 1.26. The lowest BCUT2D eigenvalue weighted by atomic mass is 10.1. The molecule has 1 aromatic carbocycles. The molecule has 1 unspecified atom stereocenters. The predicted molar refractivity (Wildman–Crippen MR) is 71.0 cm³/mol. The van der Waals surface area contributed by atoms with E-state index in [0.717, 1.165) is 30.9 Å². The third kappa shape index (κ3) is 4.27. The van der Waals surface area contributed by atoms with Crippen molar-refractivity contribution in [1.29, 1.82) is 0 Å². The Morgan fingerprint density at radius 3 is 2.47 bits per heavy atom. The molecule has 1 rings (SSSR count). The molecule has 0 spiro atoms. The van der Waals surface area contributed by atoms with E-state index in [9.17, 15) is 0 Å². The lowest BCUT2D eigenvalue weighted by molar-refractivity contribution is 0.354. The maximum absolute atomic E-state index is 5.29. The highest BCUT2D eigenvalue weighted by Gasteiger charge is 2.07. The summed E-state index contributed by atoms with van der Waals surface area (Å²) in [6, 6.07) is 6.57. The van der Waals surface area contributed by atoms with Crippen LogP contribution in [-0.4, -0.2) is 26.8 Å². The second kappa shape index (κ2) is 7.17. The Labute approximate surface area is 104 Å². The van der Waals surface area contributed by atoms with Crippen LogP contribution in [0.4, 0.5) is 0 Å². The summed E-state index contributed by atoms with van der Waals surface area (Å²) < 4.78 is 10.5. The van der Waals surface area contributed by atoms with Gasteiger partial charge in [0.1, 0.15) is 0 Å². The van der Waals surface area contributed by atoms with E-state index >= 15 is 0 Å². The first-order valence-electron chi connectivity index (χ1n) is 6.15. The minimum atomic E-state index is 0.480. The summed E-state index contributed by atoms with van der Waals surface area (Å²) in [5, 5.41) is 3.47. The minimum absolute atomic E-state index is 0.480. The van der Waals surface area contributed by atoms with Gasteiger partial charge in [-0.3, -0.25) is 0 Å². The van der Waals surface area contributed by atoms with E-state index in [1.807, 2.05) is 12.1 Å². The van der Waals surface area contributed by atoms with Crippen molar-refractivity contribution in [3.05, 3.63) is 23.8 Å². The van der Waals surface area contributed by atoms with Crippen LogP contribution in [0, 0.1) is 0 Å². The Balaban J connectivity index is 2.65. The maximum Gasteiger partial charge on any atom is 0.160 e. The van der Waals surface area contributed by atoms with Crippen molar-refractivity contribution in [1.82, 2.24) is 5.32 Å². The van der Waals surface area contributed by atoms with E-state index in [0.29, 0.717) is 6.04 Å². The molecule has 0 heterocycles. The van der Waals surface area contributed by atoms with Gasteiger partial charge in [0.2, 0.25) is 0 Å². The number of hydrogen-bond donors (Lipinski definition) is 1. The van der Waals surface area contributed by atoms with Crippen LogP contribution in [0.1, 0.15) is 25.8 Å². The van der Waals surface area contributed by atoms with Gasteiger partial charge in [-0.05, 0) is 44.0 Å². The Morgan fingerprint density at radius 2 is 1.88 bits per heavy atom. The van der Waals surface area contributed by atoms with E-state index in [4.69, 9.17) is 9.47 Å². The zero-order valence-electron chi connectivity index (χ0n) is 11.2. The second-order valence-electron chi connectivity index (χ2n) is 4.25. The van der Waals surface area contributed by atoms with Crippen molar-refractivity contribution in [2.75, 3.05) is 20.8 Å². The molecule has 1 N–H and O–H groups in total. The monoisotopic (exact) mass is 237 g/mol. The standard InChI is InChI=1S/C14H23NO2/c1-5-8-15-11(2)9-12-6-7-13(16-3)14(10-12)17-4/h6-7,10-11,15H,5,8-9H2,1-4H3. The Morgan fingerprint density at radius 1 is 1.18 bits per heavy atom. The number of benzene rings is 1. The predicted octanol–water partition coefficient (Wildman–Crippen LogP) is 2.63. The van der Waals surface area contributed by atoms with Crippen molar-refractivity contribution in [2.24, 2.45) is 0 Å². The number of ether oxygens (including phenoxy) is 2. The third-order valence-electron chi connectivity index (χ3n) is 2.73. The van der Waals surface area contributed by atoms with Gasteiger partial charge in [-0.25, -0.2) is 0 Å². The fourth-order valence-electron chi connectivity index (χ4n) is 1.82.